The van der Waals surface area contributed by atoms with Crippen molar-refractivity contribution in [2.24, 2.45) is 5.92 Å². The highest BCUT2D eigenvalue weighted by molar-refractivity contribution is 8.00. The zero-order chi connectivity index (χ0) is 18.8. The van der Waals surface area contributed by atoms with Crippen molar-refractivity contribution in [3.8, 4) is 0 Å². The Bertz CT molecular complexity index is 909. The number of urea groups is 1. The molecule has 7 nitrogen and oxygen atoms in total. The van der Waals surface area contributed by atoms with Crippen molar-refractivity contribution in [1.82, 2.24) is 19.8 Å². The molecule has 1 N–H and O–H groups in total. The van der Waals surface area contributed by atoms with E-state index >= 15 is 0 Å². The molecule has 0 unspecified atom stereocenters. The van der Waals surface area contributed by atoms with Crippen LogP contribution in [0.25, 0.3) is 10.9 Å². The summed E-state index contributed by atoms with van der Waals surface area (Å²) < 4.78 is 1.63. The number of carbonyl (C=O) groups excluding carboxylic acids is 2. The van der Waals surface area contributed by atoms with Crippen LogP contribution in [0.2, 0.25) is 0 Å². The van der Waals surface area contributed by atoms with Crippen LogP contribution in [-0.4, -0.2) is 44.7 Å². The number of benzene rings is 1. The van der Waals surface area contributed by atoms with Crippen LogP contribution >= 0.6 is 11.8 Å². The van der Waals surface area contributed by atoms with Gasteiger partial charge < -0.3 is 5.32 Å². The summed E-state index contributed by atoms with van der Waals surface area (Å²) in [6.45, 7) is 7.14. The smallest absolute Gasteiger partial charge is 0.324 e. The van der Waals surface area contributed by atoms with Crippen molar-refractivity contribution in [3.05, 3.63) is 34.6 Å². The lowest BCUT2D eigenvalue weighted by molar-refractivity contribution is -0.126. The number of hydrogen-bond acceptors (Lipinski definition) is 5. The third-order valence-electron chi connectivity index (χ3n) is 4.13. The number of para-hydroxylation sites is 1. The van der Waals surface area contributed by atoms with Crippen molar-refractivity contribution < 1.29 is 9.59 Å². The maximum Gasteiger partial charge on any atom is 0.324 e. The molecule has 3 amide bonds. The minimum atomic E-state index is -0.523. The van der Waals surface area contributed by atoms with E-state index in [2.05, 4.69) is 10.3 Å². The second kappa shape index (κ2) is 7.49. The molecule has 1 fully saturated rings. The van der Waals surface area contributed by atoms with Crippen LogP contribution in [0.5, 0.6) is 0 Å². The molecule has 0 aliphatic carbocycles. The molecule has 2 heterocycles. The third-order valence-corrected chi connectivity index (χ3v) is 5.20. The van der Waals surface area contributed by atoms with Gasteiger partial charge in [0.15, 0.2) is 5.16 Å². The van der Waals surface area contributed by atoms with E-state index in [0.29, 0.717) is 35.7 Å². The van der Waals surface area contributed by atoms with Gasteiger partial charge in [0.1, 0.15) is 0 Å². The van der Waals surface area contributed by atoms with Crippen molar-refractivity contribution in [2.45, 2.75) is 37.7 Å². The highest BCUT2D eigenvalue weighted by atomic mass is 32.2. The zero-order valence-electron chi connectivity index (χ0n) is 15.1. The summed E-state index contributed by atoms with van der Waals surface area (Å²) in [5.74, 6) is -0.0196. The molecule has 2 aromatic rings. The SMILES string of the molecule is CC(C)Cn1c(S[C@H](C)C(=O)N2CCNC2=O)nc2ccccc2c1=O. The Hall–Kier alpha value is -2.35. The van der Waals surface area contributed by atoms with Gasteiger partial charge in [-0.1, -0.05) is 37.7 Å². The Balaban J connectivity index is 1.96. The first-order chi connectivity index (χ1) is 12.4. The van der Waals surface area contributed by atoms with Crippen LogP contribution in [0.1, 0.15) is 20.8 Å². The summed E-state index contributed by atoms with van der Waals surface area (Å²) in [7, 11) is 0. The predicted molar refractivity (Wildman–Crippen MR) is 101 cm³/mol. The van der Waals surface area contributed by atoms with Gasteiger partial charge in [-0.25, -0.2) is 9.78 Å². The van der Waals surface area contributed by atoms with E-state index in [9.17, 15) is 14.4 Å². The highest BCUT2D eigenvalue weighted by Gasteiger charge is 2.31. The van der Waals surface area contributed by atoms with E-state index in [0.717, 1.165) is 0 Å². The number of amides is 3. The molecular formula is C18H22N4O3S. The quantitative estimate of drug-likeness (QED) is 0.640. The van der Waals surface area contributed by atoms with Crippen LogP contribution < -0.4 is 10.9 Å². The minimum Gasteiger partial charge on any atom is -0.336 e. The summed E-state index contributed by atoms with van der Waals surface area (Å²) in [5.41, 5.74) is 0.504. The lowest BCUT2D eigenvalue weighted by atomic mass is 10.2. The van der Waals surface area contributed by atoms with Crippen LogP contribution in [0.4, 0.5) is 4.79 Å². The number of carbonyl (C=O) groups is 2. The molecule has 0 radical (unpaired) electrons. The van der Waals surface area contributed by atoms with E-state index in [1.807, 2.05) is 26.0 Å². The molecule has 0 spiro atoms. The number of nitrogens with one attached hydrogen (secondary N) is 1. The lowest BCUT2D eigenvalue weighted by Crippen LogP contribution is -2.39. The monoisotopic (exact) mass is 374 g/mol. The standard InChI is InChI=1S/C18H22N4O3S/c1-11(2)10-22-16(24)13-6-4-5-7-14(13)20-18(22)26-12(3)15(23)21-9-8-19-17(21)25/h4-7,11-12H,8-10H2,1-3H3,(H,19,25)/t12-/m1/s1. The van der Waals surface area contributed by atoms with Gasteiger partial charge in [0.2, 0.25) is 5.91 Å². The van der Waals surface area contributed by atoms with E-state index < -0.39 is 5.25 Å². The van der Waals surface area contributed by atoms with Crippen LogP contribution in [0.15, 0.2) is 34.2 Å². The van der Waals surface area contributed by atoms with Crippen molar-refractivity contribution in [2.75, 3.05) is 13.1 Å². The maximum atomic E-state index is 12.9. The molecule has 138 valence electrons. The first-order valence-electron chi connectivity index (χ1n) is 8.64. The van der Waals surface area contributed by atoms with Gasteiger partial charge in [-0.3, -0.25) is 19.1 Å². The molecule has 0 bridgehead atoms. The fourth-order valence-electron chi connectivity index (χ4n) is 2.87. The molecule has 1 atom stereocenters. The fourth-order valence-corrected chi connectivity index (χ4v) is 3.85. The summed E-state index contributed by atoms with van der Waals surface area (Å²) in [6.07, 6.45) is 0. The summed E-state index contributed by atoms with van der Waals surface area (Å²) in [6, 6.07) is 6.84. The Morgan fingerprint density at radius 3 is 2.65 bits per heavy atom. The largest absolute Gasteiger partial charge is 0.336 e. The van der Waals surface area contributed by atoms with Crippen LogP contribution in [-0.2, 0) is 11.3 Å². The van der Waals surface area contributed by atoms with E-state index in [4.69, 9.17) is 0 Å². The van der Waals surface area contributed by atoms with Gasteiger partial charge in [-0.2, -0.15) is 0 Å². The average molecular weight is 374 g/mol. The maximum absolute atomic E-state index is 12.9. The Labute approximate surface area is 155 Å². The number of rotatable bonds is 5. The van der Waals surface area contributed by atoms with Crippen molar-refractivity contribution in [3.63, 3.8) is 0 Å². The highest BCUT2D eigenvalue weighted by Crippen LogP contribution is 2.25. The normalized spacial score (nSPS) is 15.5. The molecule has 1 aromatic heterocycles. The molecule has 3 rings (SSSR count). The van der Waals surface area contributed by atoms with Crippen LogP contribution in [0.3, 0.4) is 0 Å². The number of nitrogens with zero attached hydrogens (tertiary/aromatic N) is 3. The van der Waals surface area contributed by atoms with Crippen LogP contribution in [0, 0.1) is 5.92 Å². The number of imide groups is 1. The zero-order valence-corrected chi connectivity index (χ0v) is 15.9. The topological polar surface area (TPSA) is 84.3 Å². The average Bonchev–Trinajstić information content (AvgIpc) is 3.03. The lowest BCUT2D eigenvalue weighted by Gasteiger charge is -2.20. The second-order valence-electron chi connectivity index (χ2n) is 6.70. The number of hydrogen-bond donors (Lipinski definition) is 1. The van der Waals surface area contributed by atoms with Gasteiger partial charge >= 0.3 is 6.03 Å². The first-order valence-corrected chi connectivity index (χ1v) is 9.52. The van der Waals surface area contributed by atoms with E-state index in [-0.39, 0.29) is 23.4 Å². The molecule has 8 heteroatoms. The van der Waals surface area contributed by atoms with E-state index in [1.54, 1.807) is 23.6 Å². The number of fused-ring (bicyclic) bond motifs is 1. The van der Waals surface area contributed by atoms with Gasteiger partial charge in [0.25, 0.3) is 5.56 Å². The fraction of sp³-hybridized carbons (Fsp3) is 0.444. The molecule has 1 aliphatic heterocycles. The first kappa shape index (κ1) is 18.4. The third kappa shape index (κ3) is 3.60. The summed E-state index contributed by atoms with van der Waals surface area (Å²) in [5, 5.41) is 3.17. The van der Waals surface area contributed by atoms with Gasteiger partial charge in [0, 0.05) is 19.6 Å². The molecular weight excluding hydrogens is 352 g/mol. The minimum absolute atomic E-state index is 0.106. The molecule has 1 aromatic carbocycles. The Morgan fingerprint density at radius 2 is 2.00 bits per heavy atom. The summed E-state index contributed by atoms with van der Waals surface area (Å²) in [4.78, 5) is 43.0. The van der Waals surface area contributed by atoms with Gasteiger partial charge in [0.05, 0.1) is 16.2 Å². The number of aromatic nitrogens is 2. The van der Waals surface area contributed by atoms with Crippen molar-refractivity contribution in [1.29, 1.82) is 0 Å². The predicted octanol–water partition coefficient (Wildman–Crippen LogP) is 2.08. The summed E-state index contributed by atoms with van der Waals surface area (Å²) >= 11 is 1.22. The van der Waals surface area contributed by atoms with Gasteiger partial charge in [-0.05, 0) is 25.0 Å². The second-order valence-corrected chi connectivity index (χ2v) is 8.01. The molecule has 0 saturated carbocycles. The Morgan fingerprint density at radius 1 is 1.27 bits per heavy atom. The number of thioether (sulfide) groups is 1. The van der Waals surface area contributed by atoms with Crippen molar-refractivity contribution >= 4 is 34.6 Å². The molecule has 1 aliphatic rings. The molecule has 26 heavy (non-hydrogen) atoms. The Kier molecular flexibility index (Phi) is 5.31. The van der Waals surface area contributed by atoms with Gasteiger partial charge in [-0.15, -0.1) is 0 Å². The molecule has 1 saturated heterocycles. The van der Waals surface area contributed by atoms with E-state index in [1.165, 1.54) is 16.7 Å².